The molecule has 0 radical (unpaired) electrons. The number of aryl methyl sites for hydroxylation is 1. The van der Waals surface area contributed by atoms with E-state index in [0.717, 1.165) is 24.0 Å². The molecule has 162 valence electrons. The molecule has 2 aromatic carbocycles. The third-order valence-corrected chi connectivity index (χ3v) is 5.80. The second kappa shape index (κ2) is 8.94. The summed E-state index contributed by atoms with van der Waals surface area (Å²) in [5.74, 6) is -0.731. The van der Waals surface area contributed by atoms with E-state index in [1.165, 1.54) is 4.90 Å². The SMILES string of the molecule is CCOc1ccc([C@@H]2C(=C(O)c3ccc(C)cc3)C(=O)C(=O)N2C[C@H]2CCCO2)cc1. The van der Waals surface area contributed by atoms with Crippen molar-refractivity contribution in [3.63, 3.8) is 0 Å². The Labute approximate surface area is 182 Å². The van der Waals surface area contributed by atoms with Gasteiger partial charge in [0.05, 0.1) is 24.3 Å². The first kappa shape index (κ1) is 21.1. The summed E-state index contributed by atoms with van der Waals surface area (Å²) in [7, 11) is 0. The van der Waals surface area contributed by atoms with E-state index in [1.54, 1.807) is 12.1 Å². The Hall–Kier alpha value is -3.12. The minimum Gasteiger partial charge on any atom is -0.507 e. The van der Waals surface area contributed by atoms with E-state index in [2.05, 4.69) is 0 Å². The number of amides is 1. The number of ketones is 1. The standard InChI is InChI=1S/C25H27NO5/c1-3-30-19-12-10-17(11-13-19)22-21(23(27)18-8-6-16(2)7-9-18)24(28)25(29)26(22)15-20-5-4-14-31-20/h6-13,20,22,27H,3-5,14-15H2,1-2H3/t20-,22-/m1/s1. The predicted molar refractivity (Wildman–Crippen MR) is 117 cm³/mol. The number of likely N-dealkylation sites (tertiary alicyclic amines) is 1. The molecular weight excluding hydrogens is 394 g/mol. The molecule has 0 saturated carbocycles. The number of hydrogen-bond acceptors (Lipinski definition) is 5. The molecule has 2 aliphatic rings. The van der Waals surface area contributed by atoms with Gasteiger partial charge >= 0.3 is 0 Å². The second-order valence-corrected chi connectivity index (χ2v) is 7.95. The van der Waals surface area contributed by atoms with Crippen molar-refractivity contribution < 1.29 is 24.2 Å². The fraction of sp³-hybridized carbons (Fsp3) is 0.360. The lowest BCUT2D eigenvalue weighted by molar-refractivity contribution is -0.140. The normalized spacial score (nSPS) is 22.8. The molecule has 0 unspecified atom stereocenters. The zero-order valence-corrected chi connectivity index (χ0v) is 17.8. The van der Waals surface area contributed by atoms with Crippen LogP contribution in [0.2, 0.25) is 0 Å². The third kappa shape index (κ3) is 4.21. The topological polar surface area (TPSA) is 76.1 Å². The zero-order valence-electron chi connectivity index (χ0n) is 17.8. The Morgan fingerprint density at radius 1 is 1.13 bits per heavy atom. The van der Waals surface area contributed by atoms with Crippen LogP contribution in [0, 0.1) is 6.92 Å². The molecule has 0 spiro atoms. The molecule has 1 amide bonds. The second-order valence-electron chi connectivity index (χ2n) is 7.95. The van der Waals surface area contributed by atoms with Crippen LogP contribution in [0.3, 0.4) is 0 Å². The van der Waals surface area contributed by atoms with Crippen molar-refractivity contribution in [3.05, 3.63) is 70.8 Å². The van der Waals surface area contributed by atoms with Crippen LogP contribution in [0.4, 0.5) is 0 Å². The van der Waals surface area contributed by atoms with E-state index >= 15 is 0 Å². The smallest absolute Gasteiger partial charge is 0.295 e. The van der Waals surface area contributed by atoms with E-state index in [4.69, 9.17) is 9.47 Å². The lowest BCUT2D eigenvalue weighted by atomic mass is 9.95. The number of carbonyl (C=O) groups is 2. The van der Waals surface area contributed by atoms with Crippen LogP contribution in [0.1, 0.15) is 42.5 Å². The Bertz CT molecular complexity index is 988. The summed E-state index contributed by atoms with van der Waals surface area (Å²) in [6.45, 7) is 5.37. The number of nitrogens with zero attached hydrogens (tertiary/aromatic N) is 1. The lowest BCUT2D eigenvalue weighted by Crippen LogP contribution is -2.36. The van der Waals surface area contributed by atoms with Gasteiger partial charge in [-0.15, -0.1) is 0 Å². The molecule has 6 heteroatoms. The van der Waals surface area contributed by atoms with Crippen molar-refractivity contribution in [2.75, 3.05) is 19.8 Å². The number of benzene rings is 2. The van der Waals surface area contributed by atoms with E-state index in [1.807, 2.05) is 50.2 Å². The van der Waals surface area contributed by atoms with Crippen LogP contribution in [-0.4, -0.2) is 47.6 Å². The van der Waals surface area contributed by atoms with Gasteiger partial charge in [-0.3, -0.25) is 9.59 Å². The van der Waals surface area contributed by atoms with Crippen molar-refractivity contribution in [2.24, 2.45) is 0 Å². The van der Waals surface area contributed by atoms with Gasteiger partial charge in [0.2, 0.25) is 0 Å². The minimum atomic E-state index is -0.679. The van der Waals surface area contributed by atoms with Gasteiger partial charge in [-0.25, -0.2) is 0 Å². The summed E-state index contributed by atoms with van der Waals surface area (Å²) in [6, 6.07) is 13.9. The zero-order chi connectivity index (χ0) is 22.0. The molecule has 6 nitrogen and oxygen atoms in total. The van der Waals surface area contributed by atoms with Crippen LogP contribution >= 0.6 is 0 Å². The number of carbonyl (C=O) groups excluding carboxylic acids is 2. The molecule has 2 saturated heterocycles. The molecule has 2 atom stereocenters. The van der Waals surface area contributed by atoms with Crippen molar-refractivity contribution in [2.45, 2.75) is 38.8 Å². The Morgan fingerprint density at radius 3 is 2.45 bits per heavy atom. The summed E-state index contributed by atoms with van der Waals surface area (Å²) in [5.41, 5.74) is 2.40. The lowest BCUT2D eigenvalue weighted by Gasteiger charge is -2.27. The maximum atomic E-state index is 13.0. The first-order valence-corrected chi connectivity index (χ1v) is 10.7. The van der Waals surface area contributed by atoms with Crippen LogP contribution < -0.4 is 4.74 Å². The Morgan fingerprint density at radius 2 is 1.84 bits per heavy atom. The molecule has 2 heterocycles. The highest BCUT2D eigenvalue weighted by atomic mass is 16.5. The van der Waals surface area contributed by atoms with E-state index < -0.39 is 17.7 Å². The molecule has 1 N–H and O–H groups in total. The van der Waals surface area contributed by atoms with Crippen LogP contribution in [-0.2, 0) is 14.3 Å². The maximum absolute atomic E-state index is 13.0. The van der Waals surface area contributed by atoms with Gasteiger partial charge in [0.15, 0.2) is 0 Å². The summed E-state index contributed by atoms with van der Waals surface area (Å²) in [4.78, 5) is 27.6. The fourth-order valence-corrected chi connectivity index (χ4v) is 4.20. The minimum absolute atomic E-state index is 0.107. The van der Waals surface area contributed by atoms with Crippen molar-refractivity contribution in [3.8, 4) is 5.75 Å². The number of ether oxygens (including phenoxy) is 2. The largest absolute Gasteiger partial charge is 0.507 e. The van der Waals surface area contributed by atoms with Gasteiger partial charge in [0, 0.05) is 18.7 Å². The molecule has 31 heavy (non-hydrogen) atoms. The number of hydrogen-bond donors (Lipinski definition) is 1. The molecule has 2 aliphatic heterocycles. The quantitative estimate of drug-likeness (QED) is 0.434. The number of aliphatic hydroxyl groups is 1. The van der Waals surface area contributed by atoms with Gasteiger partial charge in [-0.1, -0.05) is 42.0 Å². The predicted octanol–water partition coefficient (Wildman–Crippen LogP) is 3.99. The summed E-state index contributed by atoms with van der Waals surface area (Å²) in [5, 5.41) is 11.1. The monoisotopic (exact) mass is 421 g/mol. The first-order valence-electron chi connectivity index (χ1n) is 10.7. The third-order valence-electron chi connectivity index (χ3n) is 5.80. The van der Waals surface area contributed by atoms with Crippen LogP contribution in [0.5, 0.6) is 5.75 Å². The molecule has 0 bridgehead atoms. The fourth-order valence-electron chi connectivity index (χ4n) is 4.20. The average molecular weight is 421 g/mol. The van der Waals surface area contributed by atoms with Crippen LogP contribution in [0.25, 0.3) is 5.76 Å². The van der Waals surface area contributed by atoms with E-state index in [0.29, 0.717) is 31.1 Å². The molecular formula is C25H27NO5. The van der Waals surface area contributed by atoms with Gasteiger partial charge in [0.1, 0.15) is 11.5 Å². The molecule has 2 aromatic rings. The van der Waals surface area contributed by atoms with Crippen molar-refractivity contribution in [1.82, 2.24) is 4.90 Å². The van der Waals surface area contributed by atoms with Crippen molar-refractivity contribution in [1.29, 1.82) is 0 Å². The number of Topliss-reactive ketones (excluding diaryl/α,β-unsaturated/α-hetero) is 1. The highest BCUT2D eigenvalue weighted by molar-refractivity contribution is 6.46. The summed E-state index contributed by atoms with van der Waals surface area (Å²) >= 11 is 0. The molecule has 0 aliphatic carbocycles. The molecule has 2 fully saturated rings. The molecule has 4 rings (SSSR count). The Kier molecular flexibility index (Phi) is 6.09. The van der Waals surface area contributed by atoms with Gasteiger partial charge < -0.3 is 19.5 Å². The first-order chi connectivity index (χ1) is 15.0. The summed E-state index contributed by atoms with van der Waals surface area (Å²) in [6.07, 6.45) is 1.67. The van der Waals surface area contributed by atoms with Gasteiger partial charge in [-0.2, -0.15) is 0 Å². The van der Waals surface area contributed by atoms with Gasteiger partial charge in [0.25, 0.3) is 11.7 Å². The number of aliphatic hydroxyl groups excluding tert-OH is 1. The number of rotatable bonds is 6. The van der Waals surface area contributed by atoms with Crippen molar-refractivity contribution >= 4 is 17.4 Å². The maximum Gasteiger partial charge on any atom is 0.295 e. The highest BCUT2D eigenvalue weighted by Crippen LogP contribution is 2.40. The van der Waals surface area contributed by atoms with Gasteiger partial charge in [-0.05, 0) is 44.4 Å². The van der Waals surface area contributed by atoms with Crippen LogP contribution in [0.15, 0.2) is 54.1 Å². The summed E-state index contributed by atoms with van der Waals surface area (Å²) < 4.78 is 11.2. The molecule has 0 aromatic heterocycles. The van der Waals surface area contributed by atoms with E-state index in [9.17, 15) is 14.7 Å². The average Bonchev–Trinajstić information content (AvgIpc) is 3.37. The highest BCUT2D eigenvalue weighted by Gasteiger charge is 2.47. The van der Waals surface area contributed by atoms with E-state index in [-0.39, 0.29) is 17.4 Å². The Balaban J connectivity index is 1.78.